The number of nitrogen functional groups attached to an aromatic ring is 1. The van der Waals surface area contributed by atoms with Crippen LogP contribution in [0.4, 0.5) is 5.69 Å². The van der Waals surface area contributed by atoms with Gasteiger partial charge in [-0.05, 0) is 49.9 Å². The highest BCUT2D eigenvalue weighted by Crippen LogP contribution is 2.24. The van der Waals surface area contributed by atoms with Gasteiger partial charge in [0.15, 0.2) is 0 Å². The maximum Gasteiger partial charge on any atom is 0.242 e. The lowest BCUT2D eigenvalue weighted by Crippen LogP contribution is -2.41. The Hall–Kier alpha value is -1.12. The van der Waals surface area contributed by atoms with Crippen LogP contribution >= 0.6 is 0 Å². The summed E-state index contributed by atoms with van der Waals surface area (Å²) in [6.45, 7) is 3.68. The van der Waals surface area contributed by atoms with Crippen molar-refractivity contribution in [2.75, 3.05) is 17.2 Å². The monoisotopic (exact) mass is 332 g/mol. The summed E-state index contributed by atoms with van der Waals surface area (Å²) < 4.78 is 50.1. The lowest BCUT2D eigenvalue weighted by atomic mass is 10.1. The second-order valence-electron chi connectivity index (χ2n) is 5.52. The van der Waals surface area contributed by atoms with E-state index in [1.165, 1.54) is 0 Å². The molecule has 0 bridgehead atoms. The standard InChI is InChI=1S/C13H20N2O4S2/c1-9-7-12(14)13(8-10(9)2)21(18,19)15-11-3-5-20(16,17)6-4-11/h7-8,11,15H,3-6,14H2,1-2H3. The average molecular weight is 332 g/mol. The molecule has 2 rings (SSSR count). The van der Waals surface area contributed by atoms with E-state index in [4.69, 9.17) is 5.73 Å². The van der Waals surface area contributed by atoms with Gasteiger partial charge in [-0.15, -0.1) is 0 Å². The van der Waals surface area contributed by atoms with Gasteiger partial charge in [0.2, 0.25) is 10.0 Å². The molecule has 1 saturated heterocycles. The fourth-order valence-electron chi connectivity index (χ4n) is 2.34. The van der Waals surface area contributed by atoms with Gasteiger partial charge in [-0.1, -0.05) is 0 Å². The topological polar surface area (TPSA) is 106 Å². The van der Waals surface area contributed by atoms with E-state index in [1.54, 1.807) is 12.1 Å². The van der Waals surface area contributed by atoms with Gasteiger partial charge in [-0.2, -0.15) is 0 Å². The van der Waals surface area contributed by atoms with E-state index < -0.39 is 19.9 Å². The van der Waals surface area contributed by atoms with Gasteiger partial charge in [-0.25, -0.2) is 21.6 Å². The van der Waals surface area contributed by atoms with E-state index in [1.807, 2.05) is 13.8 Å². The van der Waals surface area contributed by atoms with Crippen LogP contribution in [0, 0.1) is 13.8 Å². The van der Waals surface area contributed by atoms with Gasteiger partial charge in [0.25, 0.3) is 0 Å². The van der Waals surface area contributed by atoms with E-state index in [-0.39, 0.29) is 28.1 Å². The lowest BCUT2D eigenvalue weighted by molar-refractivity contribution is 0.505. The first-order chi connectivity index (χ1) is 9.61. The van der Waals surface area contributed by atoms with Crippen LogP contribution in [0.5, 0.6) is 0 Å². The molecule has 6 nitrogen and oxygen atoms in total. The predicted octanol–water partition coefficient (Wildman–Crippen LogP) is 0.741. The summed E-state index contributed by atoms with van der Waals surface area (Å²) in [6, 6.07) is 2.82. The molecule has 0 saturated carbocycles. The highest BCUT2D eigenvalue weighted by molar-refractivity contribution is 7.91. The van der Waals surface area contributed by atoms with Crippen LogP contribution in [0.15, 0.2) is 17.0 Å². The first-order valence-electron chi connectivity index (χ1n) is 6.70. The summed E-state index contributed by atoms with van der Waals surface area (Å²) in [5.74, 6) is 0.0329. The summed E-state index contributed by atoms with van der Waals surface area (Å²) >= 11 is 0. The Labute approximate surface area is 125 Å². The van der Waals surface area contributed by atoms with E-state index in [9.17, 15) is 16.8 Å². The van der Waals surface area contributed by atoms with Crippen molar-refractivity contribution in [2.45, 2.75) is 37.6 Å². The number of hydrogen-bond donors (Lipinski definition) is 2. The molecule has 8 heteroatoms. The summed E-state index contributed by atoms with van der Waals surface area (Å²) in [6.07, 6.45) is 0.596. The number of sulfone groups is 1. The van der Waals surface area contributed by atoms with Crippen LogP contribution in [0.3, 0.4) is 0 Å². The third-order valence-electron chi connectivity index (χ3n) is 3.79. The molecule has 0 aromatic heterocycles. The number of nitrogens with one attached hydrogen (secondary N) is 1. The molecule has 3 N–H and O–H groups in total. The quantitative estimate of drug-likeness (QED) is 0.794. The van der Waals surface area contributed by atoms with Crippen molar-refractivity contribution in [3.05, 3.63) is 23.3 Å². The number of rotatable bonds is 3. The van der Waals surface area contributed by atoms with Crippen molar-refractivity contribution in [3.63, 3.8) is 0 Å². The third-order valence-corrected chi connectivity index (χ3v) is 7.08. The fourth-order valence-corrected chi connectivity index (χ4v) is 5.33. The zero-order valence-corrected chi connectivity index (χ0v) is 13.7. The molecule has 1 aromatic carbocycles. The molecule has 1 aromatic rings. The second kappa shape index (κ2) is 5.58. The van der Waals surface area contributed by atoms with Crippen molar-refractivity contribution in [3.8, 4) is 0 Å². The summed E-state index contributed by atoms with van der Waals surface area (Å²) in [5, 5.41) is 0. The molecule has 1 heterocycles. The van der Waals surface area contributed by atoms with E-state index in [0.29, 0.717) is 12.8 Å². The zero-order valence-electron chi connectivity index (χ0n) is 12.1. The summed E-state index contributed by atoms with van der Waals surface area (Å²) in [4.78, 5) is 0.0547. The van der Waals surface area contributed by atoms with Crippen LogP contribution in [0.1, 0.15) is 24.0 Å². The van der Waals surface area contributed by atoms with Crippen molar-refractivity contribution in [1.29, 1.82) is 0 Å². The summed E-state index contributed by atoms with van der Waals surface area (Å²) in [7, 11) is -6.75. The lowest BCUT2D eigenvalue weighted by Gasteiger charge is -2.23. The highest BCUT2D eigenvalue weighted by Gasteiger charge is 2.28. The molecule has 0 amide bonds. The van der Waals surface area contributed by atoms with E-state index in [2.05, 4.69) is 4.72 Å². The molecule has 118 valence electrons. The molecule has 1 fully saturated rings. The molecular formula is C13H20N2O4S2. The Morgan fingerprint density at radius 1 is 1.14 bits per heavy atom. The van der Waals surface area contributed by atoms with E-state index in [0.717, 1.165) is 11.1 Å². The normalized spacial score (nSPS) is 19.5. The van der Waals surface area contributed by atoms with Gasteiger partial charge in [-0.3, -0.25) is 0 Å². The molecule has 0 unspecified atom stereocenters. The van der Waals surface area contributed by atoms with Gasteiger partial charge >= 0.3 is 0 Å². The van der Waals surface area contributed by atoms with E-state index >= 15 is 0 Å². The average Bonchev–Trinajstić information content (AvgIpc) is 2.36. The number of anilines is 1. The Morgan fingerprint density at radius 3 is 2.24 bits per heavy atom. The molecular weight excluding hydrogens is 312 g/mol. The number of sulfonamides is 1. The van der Waals surface area contributed by atoms with Gasteiger partial charge in [0.1, 0.15) is 14.7 Å². The Balaban J connectivity index is 2.22. The zero-order chi connectivity index (χ0) is 15.8. The van der Waals surface area contributed by atoms with Crippen molar-refractivity contribution in [1.82, 2.24) is 4.72 Å². The number of nitrogens with two attached hydrogens (primary N) is 1. The maximum absolute atomic E-state index is 12.4. The van der Waals surface area contributed by atoms with Gasteiger partial charge in [0.05, 0.1) is 17.2 Å². The summed E-state index contributed by atoms with van der Waals surface area (Å²) in [5.41, 5.74) is 7.78. The predicted molar refractivity (Wildman–Crippen MR) is 82.3 cm³/mol. The van der Waals surface area contributed by atoms with Crippen molar-refractivity contribution >= 4 is 25.5 Å². The van der Waals surface area contributed by atoms with Crippen LogP contribution in [0.2, 0.25) is 0 Å². The first-order valence-corrected chi connectivity index (χ1v) is 10.0. The van der Waals surface area contributed by atoms with Crippen LogP contribution in [0.25, 0.3) is 0 Å². The van der Waals surface area contributed by atoms with Crippen LogP contribution in [-0.4, -0.2) is 34.4 Å². The van der Waals surface area contributed by atoms with Gasteiger partial charge in [0, 0.05) is 6.04 Å². The molecule has 21 heavy (non-hydrogen) atoms. The van der Waals surface area contributed by atoms with Gasteiger partial charge < -0.3 is 5.73 Å². The molecule has 1 aliphatic heterocycles. The SMILES string of the molecule is Cc1cc(N)c(S(=O)(=O)NC2CCS(=O)(=O)CC2)cc1C. The molecule has 0 radical (unpaired) electrons. The Bertz CT molecular complexity index is 741. The highest BCUT2D eigenvalue weighted by atomic mass is 32.2. The fraction of sp³-hybridized carbons (Fsp3) is 0.538. The van der Waals surface area contributed by atoms with Crippen molar-refractivity contribution < 1.29 is 16.8 Å². The minimum absolute atomic E-state index is 0.0165. The minimum Gasteiger partial charge on any atom is -0.398 e. The molecule has 0 spiro atoms. The number of aryl methyl sites for hydroxylation is 2. The Kier molecular flexibility index (Phi) is 4.32. The van der Waals surface area contributed by atoms with Crippen LogP contribution < -0.4 is 10.5 Å². The number of hydrogen-bond acceptors (Lipinski definition) is 5. The van der Waals surface area contributed by atoms with Crippen LogP contribution in [-0.2, 0) is 19.9 Å². The second-order valence-corrected chi connectivity index (χ2v) is 9.51. The minimum atomic E-state index is -3.74. The Morgan fingerprint density at radius 2 is 1.67 bits per heavy atom. The molecule has 0 aliphatic carbocycles. The first kappa shape index (κ1) is 16.3. The molecule has 1 aliphatic rings. The largest absolute Gasteiger partial charge is 0.398 e. The maximum atomic E-state index is 12.4. The molecule has 0 atom stereocenters. The number of benzene rings is 1. The third kappa shape index (κ3) is 3.75. The van der Waals surface area contributed by atoms with Crippen molar-refractivity contribution in [2.24, 2.45) is 0 Å². The smallest absolute Gasteiger partial charge is 0.242 e.